The van der Waals surface area contributed by atoms with Crippen molar-refractivity contribution in [1.82, 2.24) is 14.9 Å². The van der Waals surface area contributed by atoms with Gasteiger partial charge < -0.3 is 25.2 Å². The van der Waals surface area contributed by atoms with Gasteiger partial charge in [-0.05, 0) is 55.3 Å². The first-order valence-corrected chi connectivity index (χ1v) is 11.3. The van der Waals surface area contributed by atoms with Gasteiger partial charge in [0.05, 0.1) is 24.7 Å². The fraction of sp³-hybridized carbons (Fsp3) is 0.280. The molecule has 1 fully saturated rings. The molecule has 10 heteroatoms. The van der Waals surface area contributed by atoms with Crippen LogP contribution in [0.15, 0.2) is 54.9 Å². The average molecular weight is 476 g/mol. The number of hydrogen-bond donors (Lipinski definition) is 3. The summed E-state index contributed by atoms with van der Waals surface area (Å²) in [6.07, 6.45) is 3.28. The number of piperazine rings is 1. The van der Waals surface area contributed by atoms with E-state index in [2.05, 4.69) is 30.8 Å². The number of methoxy groups -OCH3 is 1. The number of aromatic nitrogens is 2. The standard InChI is InChI=1S/C25H29N7O3/c1-17-6-8-21(35-3)20(15-17)29-24(33)28-19-7-9-22(27-16-19)31-11-13-32(14-12-31)25(34)30-23-18(2)5-4-10-26-23/h4-10,15-16H,11-14H2,1-3H3,(H,26,30,34)(H2,28,29,33). The Morgan fingerprint density at radius 3 is 2.43 bits per heavy atom. The molecule has 0 radical (unpaired) electrons. The fourth-order valence-electron chi connectivity index (χ4n) is 3.79. The molecule has 0 saturated carbocycles. The SMILES string of the molecule is COc1ccc(C)cc1NC(=O)Nc1ccc(N2CCN(C(=O)Nc3ncccc3C)CC2)nc1. The molecule has 1 aromatic carbocycles. The Hall–Kier alpha value is -4.34. The second kappa shape index (κ2) is 10.7. The molecule has 4 rings (SSSR count). The molecule has 10 nitrogen and oxygen atoms in total. The number of amides is 4. The molecule has 1 saturated heterocycles. The number of carbonyl (C=O) groups excluding carboxylic acids is 2. The molecule has 0 aliphatic carbocycles. The van der Waals surface area contributed by atoms with E-state index in [9.17, 15) is 9.59 Å². The van der Waals surface area contributed by atoms with E-state index in [1.807, 2.05) is 50.2 Å². The van der Waals surface area contributed by atoms with Crippen LogP contribution in [0.1, 0.15) is 11.1 Å². The first-order chi connectivity index (χ1) is 16.9. The van der Waals surface area contributed by atoms with E-state index in [4.69, 9.17) is 4.74 Å². The minimum atomic E-state index is -0.383. The lowest BCUT2D eigenvalue weighted by atomic mass is 10.2. The van der Waals surface area contributed by atoms with Gasteiger partial charge in [0.15, 0.2) is 0 Å². The van der Waals surface area contributed by atoms with Gasteiger partial charge in [0.1, 0.15) is 17.4 Å². The van der Waals surface area contributed by atoms with Crippen LogP contribution in [0.2, 0.25) is 0 Å². The minimum Gasteiger partial charge on any atom is -0.495 e. The lowest BCUT2D eigenvalue weighted by molar-refractivity contribution is 0.208. The van der Waals surface area contributed by atoms with Crippen LogP contribution in [0, 0.1) is 13.8 Å². The molecule has 0 spiro atoms. The third-order valence-electron chi connectivity index (χ3n) is 5.73. The fourth-order valence-corrected chi connectivity index (χ4v) is 3.79. The number of carbonyl (C=O) groups is 2. The predicted molar refractivity (Wildman–Crippen MR) is 136 cm³/mol. The zero-order chi connectivity index (χ0) is 24.8. The van der Waals surface area contributed by atoms with Gasteiger partial charge in [-0.1, -0.05) is 12.1 Å². The largest absolute Gasteiger partial charge is 0.495 e. The second-order valence-electron chi connectivity index (χ2n) is 8.26. The number of ether oxygens (including phenoxy) is 1. The van der Waals surface area contributed by atoms with Crippen molar-refractivity contribution in [3.05, 3.63) is 66.0 Å². The highest BCUT2D eigenvalue weighted by atomic mass is 16.5. The van der Waals surface area contributed by atoms with Crippen molar-refractivity contribution < 1.29 is 14.3 Å². The number of anilines is 4. The van der Waals surface area contributed by atoms with Gasteiger partial charge in [-0.15, -0.1) is 0 Å². The number of urea groups is 2. The van der Waals surface area contributed by atoms with Crippen molar-refractivity contribution in [3.8, 4) is 5.75 Å². The molecule has 182 valence electrons. The third kappa shape index (κ3) is 5.97. The molecule has 0 unspecified atom stereocenters. The van der Waals surface area contributed by atoms with Crippen LogP contribution >= 0.6 is 0 Å². The summed E-state index contributed by atoms with van der Waals surface area (Å²) >= 11 is 0. The summed E-state index contributed by atoms with van der Waals surface area (Å²) in [5.74, 6) is 1.95. The van der Waals surface area contributed by atoms with Crippen molar-refractivity contribution in [2.45, 2.75) is 13.8 Å². The lowest BCUT2D eigenvalue weighted by Crippen LogP contribution is -2.50. The van der Waals surface area contributed by atoms with Gasteiger partial charge in [-0.25, -0.2) is 19.6 Å². The van der Waals surface area contributed by atoms with E-state index in [0.29, 0.717) is 49.1 Å². The van der Waals surface area contributed by atoms with Gasteiger partial charge in [0.25, 0.3) is 0 Å². The van der Waals surface area contributed by atoms with Crippen LogP contribution in [-0.2, 0) is 0 Å². The molecule has 2 aromatic heterocycles. The topological polar surface area (TPSA) is 112 Å². The van der Waals surface area contributed by atoms with Crippen molar-refractivity contribution in [1.29, 1.82) is 0 Å². The van der Waals surface area contributed by atoms with Crippen LogP contribution in [0.4, 0.5) is 32.6 Å². The quantitative estimate of drug-likeness (QED) is 0.512. The number of pyridine rings is 2. The normalized spacial score (nSPS) is 13.2. The van der Waals surface area contributed by atoms with E-state index in [1.165, 1.54) is 0 Å². The van der Waals surface area contributed by atoms with Crippen molar-refractivity contribution in [2.75, 3.05) is 54.1 Å². The summed E-state index contributed by atoms with van der Waals surface area (Å²) < 4.78 is 5.30. The zero-order valence-electron chi connectivity index (χ0n) is 20.0. The number of nitrogens with one attached hydrogen (secondary N) is 3. The van der Waals surface area contributed by atoms with Gasteiger partial charge in [0, 0.05) is 32.4 Å². The summed E-state index contributed by atoms with van der Waals surface area (Å²) in [4.78, 5) is 37.6. The van der Waals surface area contributed by atoms with Crippen molar-refractivity contribution in [2.24, 2.45) is 0 Å². The molecular formula is C25H29N7O3. The molecule has 35 heavy (non-hydrogen) atoms. The molecule has 3 heterocycles. The van der Waals surface area contributed by atoms with E-state index < -0.39 is 0 Å². The predicted octanol–water partition coefficient (Wildman–Crippen LogP) is 4.10. The Morgan fingerprint density at radius 2 is 1.74 bits per heavy atom. The Morgan fingerprint density at radius 1 is 0.943 bits per heavy atom. The highest BCUT2D eigenvalue weighted by Gasteiger charge is 2.22. The van der Waals surface area contributed by atoms with Crippen LogP contribution in [0.25, 0.3) is 0 Å². The van der Waals surface area contributed by atoms with E-state index in [0.717, 1.165) is 16.9 Å². The number of benzene rings is 1. The molecular weight excluding hydrogens is 446 g/mol. The Labute approximate surface area is 204 Å². The highest BCUT2D eigenvalue weighted by molar-refractivity contribution is 6.00. The Bertz CT molecular complexity index is 1190. The molecule has 3 aromatic rings. The molecule has 1 aliphatic heterocycles. The highest BCUT2D eigenvalue weighted by Crippen LogP contribution is 2.25. The van der Waals surface area contributed by atoms with Gasteiger partial charge in [0.2, 0.25) is 0 Å². The smallest absolute Gasteiger partial charge is 0.323 e. The Balaban J connectivity index is 1.29. The van der Waals surface area contributed by atoms with Crippen molar-refractivity contribution in [3.63, 3.8) is 0 Å². The first-order valence-electron chi connectivity index (χ1n) is 11.3. The van der Waals surface area contributed by atoms with Crippen LogP contribution in [0.3, 0.4) is 0 Å². The third-order valence-corrected chi connectivity index (χ3v) is 5.73. The summed E-state index contributed by atoms with van der Waals surface area (Å²) in [5, 5.41) is 8.47. The first kappa shape index (κ1) is 23.8. The lowest BCUT2D eigenvalue weighted by Gasteiger charge is -2.35. The van der Waals surface area contributed by atoms with Gasteiger partial charge in [-0.3, -0.25) is 5.32 Å². The van der Waals surface area contributed by atoms with Gasteiger partial charge >= 0.3 is 12.1 Å². The van der Waals surface area contributed by atoms with Crippen LogP contribution in [-0.4, -0.2) is 60.2 Å². The zero-order valence-corrected chi connectivity index (χ0v) is 20.0. The molecule has 3 N–H and O–H groups in total. The molecule has 4 amide bonds. The summed E-state index contributed by atoms with van der Waals surface area (Å²) in [7, 11) is 1.56. The van der Waals surface area contributed by atoms with E-state index >= 15 is 0 Å². The van der Waals surface area contributed by atoms with Gasteiger partial charge in [-0.2, -0.15) is 0 Å². The monoisotopic (exact) mass is 475 g/mol. The summed E-state index contributed by atoms with van der Waals surface area (Å²) in [5.41, 5.74) is 3.09. The molecule has 0 atom stereocenters. The second-order valence-corrected chi connectivity index (χ2v) is 8.26. The van der Waals surface area contributed by atoms with E-state index in [-0.39, 0.29) is 12.1 Å². The van der Waals surface area contributed by atoms with Crippen LogP contribution < -0.4 is 25.6 Å². The maximum Gasteiger partial charge on any atom is 0.323 e. The minimum absolute atomic E-state index is 0.157. The number of rotatable bonds is 5. The van der Waals surface area contributed by atoms with E-state index in [1.54, 1.807) is 30.5 Å². The van der Waals surface area contributed by atoms with Crippen molar-refractivity contribution >= 4 is 35.1 Å². The number of nitrogens with zero attached hydrogens (tertiary/aromatic N) is 4. The number of aryl methyl sites for hydroxylation is 2. The molecule has 1 aliphatic rings. The Kier molecular flexibility index (Phi) is 7.30. The van der Waals surface area contributed by atoms with Crippen LogP contribution in [0.5, 0.6) is 5.75 Å². The average Bonchev–Trinajstić information content (AvgIpc) is 2.86. The summed E-state index contributed by atoms with van der Waals surface area (Å²) in [6, 6.07) is 12.4. The summed E-state index contributed by atoms with van der Waals surface area (Å²) in [6.45, 7) is 6.30. The number of hydrogen-bond acceptors (Lipinski definition) is 6. The maximum absolute atomic E-state index is 12.6. The molecule has 0 bridgehead atoms. The maximum atomic E-state index is 12.6.